The van der Waals surface area contributed by atoms with Crippen molar-refractivity contribution in [1.29, 1.82) is 5.26 Å². The second-order valence-electron chi connectivity index (χ2n) is 4.05. The van der Waals surface area contributed by atoms with Crippen LogP contribution in [0.25, 0.3) is 0 Å². The van der Waals surface area contributed by atoms with E-state index >= 15 is 0 Å². The van der Waals surface area contributed by atoms with E-state index in [0.717, 1.165) is 0 Å². The number of ether oxygens (including phenoxy) is 1. The molecule has 2 rings (SSSR count). The fourth-order valence-corrected chi connectivity index (χ4v) is 1.89. The third-order valence-corrected chi connectivity index (χ3v) is 3.28. The van der Waals surface area contributed by atoms with Crippen LogP contribution in [0.3, 0.4) is 0 Å². The van der Waals surface area contributed by atoms with Crippen LogP contribution in [0.4, 0.5) is 5.69 Å². The highest BCUT2D eigenvalue weighted by atomic mass is 35.5. The van der Waals surface area contributed by atoms with Crippen molar-refractivity contribution >= 4 is 17.3 Å². The molecule has 0 atom stereocenters. The number of nitrogens with zero attached hydrogens (tertiary/aromatic N) is 1. The monoisotopic (exact) mass is 236 g/mol. The Balaban J connectivity index is 2.11. The van der Waals surface area contributed by atoms with Gasteiger partial charge in [0.25, 0.3) is 0 Å². The highest BCUT2D eigenvalue weighted by Crippen LogP contribution is 2.32. The maximum absolute atomic E-state index is 8.89. The molecule has 1 aliphatic rings. The van der Waals surface area contributed by atoms with Crippen LogP contribution >= 0.6 is 11.6 Å². The van der Waals surface area contributed by atoms with E-state index in [1.54, 1.807) is 12.1 Å². The zero-order valence-corrected chi connectivity index (χ0v) is 9.63. The SMILES string of the molecule is N#Cc1c(Cl)ccc(OCC2CCC2)c1N. The van der Waals surface area contributed by atoms with E-state index in [1.807, 2.05) is 6.07 Å². The van der Waals surface area contributed by atoms with Gasteiger partial charge in [0, 0.05) is 0 Å². The minimum Gasteiger partial charge on any atom is -0.491 e. The van der Waals surface area contributed by atoms with E-state index < -0.39 is 0 Å². The summed E-state index contributed by atoms with van der Waals surface area (Å²) in [5.74, 6) is 1.20. The number of hydrogen-bond donors (Lipinski definition) is 1. The maximum Gasteiger partial charge on any atom is 0.143 e. The molecule has 1 aromatic carbocycles. The molecule has 1 aromatic rings. The number of nitriles is 1. The number of nitrogens with two attached hydrogens (primary N) is 1. The Morgan fingerprint density at radius 2 is 2.25 bits per heavy atom. The lowest BCUT2D eigenvalue weighted by Crippen LogP contribution is -2.19. The van der Waals surface area contributed by atoms with Gasteiger partial charge in [-0.25, -0.2) is 0 Å². The van der Waals surface area contributed by atoms with Gasteiger partial charge in [0.2, 0.25) is 0 Å². The van der Waals surface area contributed by atoms with E-state index in [1.165, 1.54) is 19.3 Å². The molecule has 16 heavy (non-hydrogen) atoms. The number of halogens is 1. The van der Waals surface area contributed by atoms with E-state index in [9.17, 15) is 0 Å². The summed E-state index contributed by atoms with van der Waals surface area (Å²) in [5, 5.41) is 9.26. The lowest BCUT2D eigenvalue weighted by molar-refractivity contribution is 0.181. The summed E-state index contributed by atoms with van der Waals surface area (Å²) < 4.78 is 5.60. The summed E-state index contributed by atoms with van der Waals surface area (Å²) in [5.41, 5.74) is 6.45. The molecule has 0 radical (unpaired) electrons. The van der Waals surface area contributed by atoms with Gasteiger partial charge >= 0.3 is 0 Å². The van der Waals surface area contributed by atoms with Crippen molar-refractivity contribution in [1.82, 2.24) is 0 Å². The molecule has 0 unspecified atom stereocenters. The molecule has 0 amide bonds. The Hall–Kier alpha value is -1.40. The molecule has 4 heteroatoms. The van der Waals surface area contributed by atoms with Crippen LogP contribution in [0.1, 0.15) is 24.8 Å². The summed E-state index contributed by atoms with van der Waals surface area (Å²) in [6.45, 7) is 0.677. The number of rotatable bonds is 3. The predicted octanol–water partition coefficient (Wildman–Crippen LogP) is 2.97. The van der Waals surface area contributed by atoms with Crippen molar-refractivity contribution in [3.05, 3.63) is 22.7 Å². The van der Waals surface area contributed by atoms with Crippen LogP contribution in [0, 0.1) is 17.2 Å². The van der Waals surface area contributed by atoms with Crippen molar-refractivity contribution < 1.29 is 4.74 Å². The normalized spacial score (nSPS) is 15.2. The summed E-state index contributed by atoms with van der Waals surface area (Å²) in [6.07, 6.45) is 3.73. The second kappa shape index (κ2) is 4.63. The van der Waals surface area contributed by atoms with E-state index in [4.69, 9.17) is 27.3 Å². The molecule has 0 spiro atoms. The Labute approximate surface area is 99.8 Å². The van der Waals surface area contributed by atoms with Crippen LogP contribution in [-0.2, 0) is 0 Å². The van der Waals surface area contributed by atoms with Crippen molar-refractivity contribution in [2.45, 2.75) is 19.3 Å². The van der Waals surface area contributed by atoms with Gasteiger partial charge in [-0.15, -0.1) is 0 Å². The largest absolute Gasteiger partial charge is 0.491 e. The van der Waals surface area contributed by atoms with Gasteiger partial charge in [-0.3, -0.25) is 0 Å². The minimum absolute atomic E-state index is 0.299. The standard InChI is InChI=1S/C12H13ClN2O/c13-10-4-5-11(12(15)9(10)6-14)16-7-8-2-1-3-8/h4-5,8H,1-3,7,15H2. The zero-order valence-electron chi connectivity index (χ0n) is 8.87. The van der Waals surface area contributed by atoms with Gasteiger partial charge in [-0.2, -0.15) is 5.26 Å². The smallest absolute Gasteiger partial charge is 0.143 e. The Bertz CT molecular complexity index is 435. The molecule has 2 N–H and O–H groups in total. The minimum atomic E-state index is 0.299. The van der Waals surface area contributed by atoms with Crippen LogP contribution in [0.15, 0.2) is 12.1 Å². The Kier molecular flexibility index (Phi) is 3.21. The summed E-state index contributed by atoms with van der Waals surface area (Å²) >= 11 is 5.84. The van der Waals surface area contributed by atoms with Crippen LogP contribution < -0.4 is 10.5 Å². The second-order valence-corrected chi connectivity index (χ2v) is 4.46. The third kappa shape index (κ3) is 2.07. The number of anilines is 1. The molecule has 1 aliphatic carbocycles. The fraction of sp³-hybridized carbons (Fsp3) is 0.417. The van der Waals surface area contributed by atoms with Crippen molar-refractivity contribution in [2.24, 2.45) is 5.92 Å². The fourth-order valence-electron chi connectivity index (χ4n) is 1.68. The molecule has 1 saturated carbocycles. The van der Waals surface area contributed by atoms with E-state index in [-0.39, 0.29) is 0 Å². The van der Waals surface area contributed by atoms with Gasteiger partial charge in [0.05, 0.1) is 22.9 Å². The summed E-state index contributed by atoms with van der Waals surface area (Å²) in [6, 6.07) is 5.35. The molecule has 1 fully saturated rings. The lowest BCUT2D eigenvalue weighted by Gasteiger charge is -2.25. The quantitative estimate of drug-likeness (QED) is 0.821. The molecule has 0 bridgehead atoms. The highest BCUT2D eigenvalue weighted by molar-refractivity contribution is 6.32. The van der Waals surface area contributed by atoms with Gasteiger partial charge in [0.1, 0.15) is 11.8 Å². The molecule has 3 nitrogen and oxygen atoms in total. The van der Waals surface area contributed by atoms with Gasteiger partial charge in [0.15, 0.2) is 0 Å². The summed E-state index contributed by atoms with van der Waals surface area (Å²) in [7, 11) is 0. The van der Waals surface area contributed by atoms with E-state index in [0.29, 0.717) is 34.5 Å². The molecule has 0 heterocycles. The maximum atomic E-state index is 8.89. The van der Waals surface area contributed by atoms with Crippen LogP contribution in [0.5, 0.6) is 5.75 Å². The Morgan fingerprint density at radius 3 is 2.81 bits per heavy atom. The van der Waals surface area contributed by atoms with Gasteiger partial charge < -0.3 is 10.5 Å². The zero-order chi connectivity index (χ0) is 11.5. The molecule has 0 aliphatic heterocycles. The average molecular weight is 237 g/mol. The molecule has 84 valence electrons. The molecule has 0 aromatic heterocycles. The number of benzene rings is 1. The first-order chi connectivity index (χ1) is 7.72. The molecule has 0 saturated heterocycles. The van der Waals surface area contributed by atoms with Crippen molar-refractivity contribution in [3.63, 3.8) is 0 Å². The third-order valence-electron chi connectivity index (χ3n) is 2.97. The molecular formula is C12H13ClN2O. The first-order valence-electron chi connectivity index (χ1n) is 5.33. The van der Waals surface area contributed by atoms with Crippen LogP contribution in [-0.4, -0.2) is 6.61 Å². The number of nitrogen functional groups attached to an aromatic ring is 1. The van der Waals surface area contributed by atoms with Crippen molar-refractivity contribution in [3.8, 4) is 11.8 Å². The van der Waals surface area contributed by atoms with Gasteiger partial charge in [-0.1, -0.05) is 18.0 Å². The lowest BCUT2D eigenvalue weighted by atomic mass is 9.86. The first-order valence-corrected chi connectivity index (χ1v) is 5.71. The summed E-state index contributed by atoms with van der Waals surface area (Å²) in [4.78, 5) is 0. The van der Waals surface area contributed by atoms with E-state index in [2.05, 4.69) is 0 Å². The topological polar surface area (TPSA) is 59.0 Å². The molecular weight excluding hydrogens is 224 g/mol. The van der Waals surface area contributed by atoms with Gasteiger partial charge in [-0.05, 0) is 30.9 Å². The van der Waals surface area contributed by atoms with Crippen LogP contribution in [0.2, 0.25) is 5.02 Å². The highest BCUT2D eigenvalue weighted by Gasteiger charge is 2.19. The first kappa shape index (κ1) is 11.1. The average Bonchev–Trinajstić information content (AvgIpc) is 2.20. The van der Waals surface area contributed by atoms with Crippen molar-refractivity contribution in [2.75, 3.05) is 12.3 Å². The number of hydrogen-bond acceptors (Lipinski definition) is 3. The predicted molar refractivity (Wildman–Crippen MR) is 63.4 cm³/mol. The Morgan fingerprint density at radius 1 is 1.50 bits per heavy atom.